The number of nitrogens with zero attached hydrogens (tertiary/aromatic N) is 1. The lowest BCUT2D eigenvalue weighted by molar-refractivity contribution is -0.133. The van der Waals surface area contributed by atoms with Gasteiger partial charge in [0, 0.05) is 29.4 Å². The van der Waals surface area contributed by atoms with Gasteiger partial charge in [0.15, 0.2) is 0 Å². The van der Waals surface area contributed by atoms with Crippen LogP contribution in [-0.2, 0) is 16.1 Å². The minimum Gasteiger partial charge on any atom is -0.339 e. The highest BCUT2D eigenvalue weighted by Gasteiger charge is 2.30. The van der Waals surface area contributed by atoms with E-state index in [4.69, 9.17) is 11.6 Å². The van der Waals surface area contributed by atoms with Gasteiger partial charge in [-0.15, -0.1) is 11.8 Å². The van der Waals surface area contributed by atoms with Crippen molar-refractivity contribution in [2.24, 2.45) is 0 Å². The Balaban J connectivity index is 1.68. The van der Waals surface area contributed by atoms with E-state index in [1.165, 1.54) is 23.9 Å². The summed E-state index contributed by atoms with van der Waals surface area (Å²) >= 11 is 7.31. The fourth-order valence-corrected chi connectivity index (χ4v) is 4.03. The van der Waals surface area contributed by atoms with Crippen LogP contribution in [0.5, 0.6) is 0 Å². The topological polar surface area (TPSA) is 49.4 Å². The molecule has 3 rings (SSSR count). The van der Waals surface area contributed by atoms with Gasteiger partial charge in [0.25, 0.3) is 0 Å². The van der Waals surface area contributed by atoms with Gasteiger partial charge < -0.3 is 10.2 Å². The zero-order valence-corrected chi connectivity index (χ0v) is 15.7. The molecule has 2 amide bonds. The Labute approximate surface area is 160 Å². The van der Waals surface area contributed by atoms with Crippen molar-refractivity contribution in [1.29, 1.82) is 0 Å². The molecule has 0 bridgehead atoms. The van der Waals surface area contributed by atoms with Crippen LogP contribution in [0.3, 0.4) is 0 Å². The minimum absolute atomic E-state index is 0.0850. The van der Waals surface area contributed by atoms with E-state index in [2.05, 4.69) is 5.32 Å². The highest BCUT2D eigenvalue weighted by Crippen LogP contribution is 2.38. The fraction of sp³-hybridized carbons (Fsp3) is 0.263. The first-order chi connectivity index (χ1) is 12.5. The van der Waals surface area contributed by atoms with Gasteiger partial charge >= 0.3 is 0 Å². The SMILES string of the molecule is CCN(Cc1cccc(F)c1)C(=O)CC1Sc2ccc(Cl)cc2NC1=O. The Kier molecular flexibility index (Phi) is 5.84. The van der Waals surface area contributed by atoms with Crippen molar-refractivity contribution in [2.45, 2.75) is 30.0 Å². The van der Waals surface area contributed by atoms with Gasteiger partial charge in [0.2, 0.25) is 11.8 Å². The molecule has 1 atom stereocenters. The normalized spacial score (nSPS) is 16.0. The van der Waals surface area contributed by atoms with Gasteiger partial charge in [-0.05, 0) is 42.8 Å². The number of anilines is 1. The molecule has 1 aliphatic rings. The highest BCUT2D eigenvalue weighted by molar-refractivity contribution is 8.01. The van der Waals surface area contributed by atoms with Crippen molar-refractivity contribution in [1.82, 2.24) is 4.90 Å². The number of thioether (sulfide) groups is 1. The van der Waals surface area contributed by atoms with Crippen molar-refractivity contribution >= 4 is 40.9 Å². The van der Waals surface area contributed by atoms with Crippen molar-refractivity contribution < 1.29 is 14.0 Å². The standard InChI is InChI=1S/C19H18ClFN2O2S/c1-2-23(11-12-4-3-5-14(21)8-12)18(24)10-17-19(25)22-15-9-13(20)6-7-16(15)26-17/h3-9,17H,2,10-11H2,1H3,(H,22,25). The molecule has 2 aromatic rings. The Morgan fingerprint density at radius 2 is 2.12 bits per heavy atom. The summed E-state index contributed by atoms with van der Waals surface area (Å²) in [5.41, 5.74) is 1.39. The van der Waals surface area contributed by atoms with Gasteiger partial charge in [0.05, 0.1) is 10.9 Å². The maximum atomic E-state index is 13.3. The summed E-state index contributed by atoms with van der Waals surface area (Å²) in [5.74, 6) is -0.676. The first-order valence-electron chi connectivity index (χ1n) is 8.25. The Bertz CT molecular complexity index is 846. The Morgan fingerprint density at radius 1 is 1.31 bits per heavy atom. The maximum absolute atomic E-state index is 13.3. The zero-order chi connectivity index (χ0) is 18.7. The first-order valence-corrected chi connectivity index (χ1v) is 9.51. The van der Waals surface area contributed by atoms with Crippen LogP contribution >= 0.6 is 23.4 Å². The monoisotopic (exact) mass is 392 g/mol. The molecule has 0 aromatic heterocycles. The summed E-state index contributed by atoms with van der Waals surface area (Å²) in [6.45, 7) is 2.67. The first kappa shape index (κ1) is 18.7. The van der Waals surface area contributed by atoms with Crippen LogP contribution in [-0.4, -0.2) is 28.5 Å². The molecule has 0 spiro atoms. The molecule has 2 aromatic carbocycles. The number of carbonyl (C=O) groups is 2. The Hall–Kier alpha value is -2.05. The number of fused-ring (bicyclic) bond motifs is 1. The summed E-state index contributed by atoms with van der Waals surface area (Å²) in [4.78, 5) is 27.5. The molecule has 0 saturated heterocycles. The summed E-state index contributed by atoms with van der Waals surface area (Å²) in [7, 11) is 0. The van der Waals surface area contributed by atoms with Gasteiger partial charge in [-0.3, -0.25) is 9.59 Å². The van der Waals surface area contributed by atoms with Crippen LogP contribution in [0.15, 0.2) is 47.4 Å². The second-order valence-corrected chi connectivity index (χ2v) is 7.66. The van der Waals surface area contributed by atoms with Gasteiger partial charge in [-0.25, -0.2) is 4.39 Å². The van der Waals surface area contributed by atoms with Gasteiger partial charge in [0.1, 0.15) is 5.82 Å². The fourth-order valence-electron chi connectivity index (χ4n) is 2.78. The number of carbonyl (C=O) groups excluding carboxylic acids is 2. The number of nitrogens with one attached hydrogen (secondary N) is 1. The van der Waals surface area contributed by atoms with Crippen LogP contribution in [0.25, 0.3) is 0 Å². The molecule has 26 heavy (non-hydrogen) atoms. The molecule has 136 valence electrons. The van der Waals surface area contributed by atoms with E-state index < -0.39 is 5.25 Å². The lowest BCUT2D eigenvalue weighted by Gasteiger charge is -2.27. The second kappa shape index (κ2) is 8.10. The smallest absolute Gasteiger partial charge is 0.238 e. The lowest BCUT2D eigenvalue weighted by atomic mass is 10.2. The molecule has 0 radical (unpaired) electrons. The minimum atomic E-state index is -0.502. The van der Waals surface area contributed by atoms with E-state index in [0.29, 0.717) is 23.8 Å². The number of benzene rings is 2. The van der Waals surface area contributed by atoms with Crippen molar-refractivity contribution in [3.8, 4) is 0 Å². The van der Waals surface area contributed by atoms with Crippen molar-refractivity contribution in [2.75, 3.05) is 11.9 Å². The lowest BCUT2D eigenvalue weighted by Crippen LogP contribution is -2.37. The second-order valence-electron chi connectivity index (χ2n) is 5.98. The highest BCUT2D eigenvalue weighted by atomic mass is 35.5. The molecule has 1 aliphatic heterocycles. The predicted molar refractivity (Wildman–Crippen MR) is 102 cm³/mol. The number of rotatable bonds is 5. The Morgan fingerprint density at radius 3 is 2.85 bits per heavy atom. The molecular formula is C19H18ClFN2O2S. The number of halogens is 2. The van der Waals surface area contributed by atoms with Crippen LogP contribution in [0, 0.1) is 5.82 Å². The molecule has 0 fully saturated rings. The third-order valence-electron chi connectivity index (χ3n) is 4.12. The van der Waals surface area contributed by atoms with Crippen molar-refractivity contribution in [3.63, 3.8) is 0 Å². The summed E-state index contributed by atoms with van der Waals surface area (Å²) in [5, 5.41) is 2.85. The quantitative estimate of drug-likeness (QED) is 0.823. The zero-order valence-electron chi connectivity index (χ0n) is 14.2. The van der Waals surface area contributed by atoms with E-state index in [0.717, 1.165) is 10.5 Å². The van der Waals surface area contributed by atoms with Crippen LogP contribution in [0.1, 0.15) is 18.9 Å². The summed E-state index contributed by atoms with van der Waals surface area (Å²) in [6.07, 6.45) is 0.0850. The van der Waals surface area contributed by atoms with E-state index in [9.17, 15) is 14.0 Å². The third kappa shape index (κ3) is 4.37. The number of hydrogen-bond acceptors (Lipinski definition) is 3. The average molecular weight is 393 g/mol. The molecule has 1 N–H and O–H groups in total. The third-order valence-corrected chi connectivity index (χ3v) is 5.63. The van der Waals surface area contributed by atoms with Gasteiger partial charge in [-0.1, -0.05) is 23.7 Å². The predicted octanol–water partition coefficient (Wildman–Crippen LogP) is 4.33. The number of hydrogen-bond donors (Lipinski definition) is 1. The van der Waals surface area contributed by atoms with Crippen LogP contribution in [0.4, 0.5) is 10.1 Å². The molecule has 1 heterocycles. The van der Waals surface area contributed by atoms with E-state index in [1.807, 2.05) is 13.0 Å². The number of amides is 2. The average Bonchev–Trinajstić information content (AvgIpc) is 2.60. The maximum Gasteiger partial charge on any atom is 0.238 e. The summed E-state index contributed by atoms with van der Waals surface area (Å²) < 4.78 is 13.3. The molecule has 7 heteroatoms. The molecule has 0 saturated carbocycles. The van der Waals surface area contributed by atoms with E-state index in [-0.39, 0.29) is 24.1 Å². The van der Waals surface area contributed by atoms with E-state index in [1.54, 1.807) is 29.2 Å². The van der Waals surface area contributed by atoms with Crippen LogP contribution in [0.2, 0.25) is 5.02 Å². The summed E-state index contributed by atoms with van der Waals surface area (Å²) in [6, 6.07) is 11.5. The molecule has 4 nitrogen and oxygen atoms in total. The molecule has 1 unspecified atom stereocenters. The van der Waals surface area contributed by atoms with E-state index >= 15 is 0 Å². The molecular weight excluding hydrogens is 375 g/mol. The van der Waals surface area contributed by atoms with Crippen LogP contribution < -0.4 is 5.32 Å². The van der Waals surface area contributed by atoms with Crippen molar-refractivity contribution in [3.05, 3.63) is 58.9 Å². The largest absolute Gasteiger partial charge is 0.339 e. The van der Waals surface area contributed by atoms with Gasteiger partial charge in [-0.2, -0.15) is 0 Å². The molecule has 0 aliphatic carbocycles.